The van der Waals surface area contributed by atoms with Gasteiger partial charge in [-0.25, -0.2) is 10.4 Å². The van der Waals surface area contributed by atoms with Crippen molar-refractivity contribution >= 4 is 28.1 Å². The SMILES string of the molecule is COc1ccc(-c2cc(=O)[nH]c(N/N=C\c3ccc(Br)cc3)n2)cc1. The molecule has 0 aliphatic carbocycles. The van der Waals surface area contributed by atoms with E-state index in [0.29, 0.717) is 5.69 Å². The maximum Gasteiger partial charge on any atom is 0.252 e. The van der Waals surface area contributed by atoms with Crippen molar-refractivity contribution in [2.75, 3.05) is 12.5 Å². The highest BCUT2D eigenvalue weighted by atomic mass is 79.9. The average molecular weight is 399 g/mol. The second-order valence-corrected chi connectivity index (χ2v) is 6.04. The van der Waals surface area contributed by atoms with Crippen LogP contribution < -0.4 is 15.7 Å². The summed E-state index contributed by atoms with van der Waals surface area (Å²) in [4.78, 5) is 18.8. The van der Waals surface area contributed by atoms with E-state index in [1.807, 2.05) is 48.5 Å². The Labute approximate surface area is 152 Å². The molecule has 0 spiro atoms. The Hall–Kier alpha value is -2.93. The summed E-state index contributed by atoms with van der Waals surface area (Å²) in [6, 6.07) is 16.4. The third kappa shape index (κ3) is 4.54. The molecule has 3 aromatic rings. The number of hydrogen-bond donors (Lipinski definition) is 2. The molecule has 1 aromatic heterocycles. The van der Waals surface area contributed by atoms with Crippen LogP contribution in [0.4, 0.5) is 5.95 Å². The molecule has 0 fully saturated rings. The van der Waals surface area contributed by atoms with Crippen molar-refractivity contribution in [1.29, 1.82) is 0 Å². The molecule has 2 N–H and O–H groups in total. The molecule has 0 atom stereocenters. The van der Waals surface area contributed by atoms with Gasteiger partial charge < -0.3 is 4.74 Å². The quantitative estimate of drug-likeness (QED) is 0.507. The molecule has 126 valence electrons. The number of H-pyrrole nitrogens is 1. The highest BCUT2D eigenvalue weighted by Gasteiger charge is 2.04. The summed E-state index contributed by atoms with van der Waals surface area (Å²) in [5, 5.41) is 4.10. The first-order valence-corrected chi connectivity index (χ1v) is 8.24. The number of nitrogens with zero attached hydrogens (tertiary/aromatic N) is 2. The molecule has 0 aliphatic rings. The van der Waals surface area contributed by atoms with Gasteiger partial charge in [-0.15, -0.1) is 0 Å². The molecule has 7 heteroatoms. The number of hydrazone groups is 1. The van der Waals surface area contributed by atoms with Crippen LogP contribution in [-0.2, 0) is 0 Å². The van der Waals surface area contributed by atoms with Gasteiger partial charge in [0.15, 0.2) is 0 Å². The molecule has 0 saturated carbocycles. The monoisotopic (exact) mass is 398 g/mol. The maximum atomic E-state index is 11.9. The molecular formula is C18H15BrN4O2. The molecule has 6 nitrogen and oxygen atoms in total. The minimum absolute atomic E-state index is 0.262. The van der Waals surface area contributed by atoms with Crippen LogP contribution in [-0.4, -0.2) is 23.3 Å². The Morgan fingerprint density at radius 1 is 1.16 bits per heavy atom. The van der Waals surface area contributed by atoms with Crippen molar-refractivity contribution in [3.8, 4) is 17.0 Å². The number of halogens is 1. The number of ether oxygens (including phenoxy) is 1. The van der Waals surface area contributed by atoms with Gasteiger partial charge in [0.05, 0.1) is 19.0 Å². The summed E-state index contributed by atoms with van der Waals surface area (Å²) in [5.74, 6) is 1.01. The van der Waals surface area contributed by atoms with Crippen LogP contribution in [0.3, 0.4) is 0 Å². The van der Waals surface area contributed by atoms with Crippen LogP contribution in [0.15, 0.2) is 69.0 Å². The zero-order valence-electron chi connectivity index (χ0n) is 13.4. The van der Waals surface area contributed by atoms with Crippen LogP contribution in [0.1, 0.15) is 5.56 Å². The standard InChI is InChI=1S/C18H15BrN4O2/c1-25-15-8-4-13(5-9-15)16-10-17(24)22-18(21-16)23-20-11-12-2-6-14(19)7-3-12/h2-11H,1H3,(H2,21,22,23,24)/b20-11-. The zero-order chi connectivity index (χ0) is 17.6. The van der Waals surface area contributed by atoms with E-state index in [-0.39, 0.29) is 11.5 Å². The van der Waals surface area contributed by atoms with Gasteiger partial charge in [0, 0.05) is 16.1 Å². The predicted molar refractivity (Wildman–Crippen MR) is 102 cm³/mol. The van der Waals surface area contributed by atoms with Crippen molar-refractivity contribution in [2.24, 2.45) is 5.10 Å². The summed E-state index contributed by atoms with van der Waals surface area (Å²) in [7, 11) is 1.60. The van der Waals surface area contributed by atoms with Crippen LogP contribution in [0.5, 0.6) is 5.75 Å². The third-order valence-electron chi connectivity index (χ3n) is 3.38. The molecule has 2 aromatic carbocycles. The van der Waals surface area contributed by atoms with Crippen molar-refractivity contribution in [3.05, 3.63) is 75.0 Å². The van der Waals surface area contributed by atoms with Crippen LogP contribution >= 0.6 is 15.9 Å². The van der Waals surface area contributed by atoms with E-state index in [1.54, 1.807) is 13.3 Å². The maximum absolute atomic E-state index is 11.9. The highest BCUT2D eigenvalue weighted by Crippen LogP contribution is 2.20. The first kappa shape index (κ1) is 16.9. The van der Waals surface area contributed by atoms with Crippen LogP contribution in [0, 0.1) is 0 Å². The molecule has 25 heavy (non-hydrogen) atoms. The number of aromatic nitrogens is 2. The Morgan fingerprint density at radius 3 is 2.56 bits per heavy atom. The lowest BCUT2D eigenvalue weighted by Crippen LogP contribution is -2.10. The first-order chi connectivity index (χ1) is 12.1. The third-order valence-corrected chi connectivity index (χ3v) is 3.91. The van der Waals surface area contributed by atoms with Gasteiger partial charge in [0.1, 0.15) is 5.75 Å². The lowest BCUT2D eigenvalue weighted by Gasteiger charge is -2.05. The number of benzene rings is 2. The normalized spacial score (nSPS) is 10.8. The number of rotatable bonds is 5. The van der Waals surface area contributed by atoms with Gasteiger partial charge in [0.2, 0.25) is 5.95 Å². The summed E-state index contributed by atoms with van der Waals surface area (Å²) in [6.07, 6.45) is 1.65. The van der Waals surface area contributed by atoms with E-state index in [9.17, 15) is 4.79 Å². The van der Waals surface area contributed by atoms with E-state index in [4.69, 9.17) is 4.74 Å². The van der Waals surface area contributed by atoms with Crippen LogP contribution in [0.25, 0.3) is 11.3 Å². The minimum Gasteiger partial charge on any atom is -0.497 e. The van der Waals surface area contributed by atoms with Gasteiger partial charge in [-0.2, -0.15) is 5.10 Å². The fourth-order valence-electron chi connectivity index (χ4n) is 2.14. The van der Waals surface area contributed by atoms with E-state index in [0.717, 1.165) is 21.3 Å². The second kappa shape index (κ2) is 7.76. The van der Waals surface area contributed by atoms with Crippen molar-refractivity contribution in [1.82, 2.24) is 9.97 Å². The van der Waals surface area contributed by atoms with Gasteiger partial charge in [-0.1, -0.05) is 28.1 Å². The predicted octanol–water partition coefficient (Wildman–Crippen LogP) is 3.65. The summed E-state index contributed by atoms with van der Waals surface area (Å²) in [5.41, 5.74) is 4.77. The molecule has 1 heterocycles. The average Bonchev–Trinajstić information content (AvgIpc) is 2.63. The van der Waals surface area contributed by atoms with E-state index in [1.165, 1.54) is 6.07 Å². The summed E-state index contributed by atoms with van der Waals surface area (Å²) < 4.78 is 6.13. The Bertz CT molecular complexity index is 935. The number of hydrogen-bond acceptors (Lipinski definition) is 5. The summed E-state index contributed by atoms with van der Waals surface area (Å²) in [6.45, 7) is 0. The smallest absolute Gasteiger partial charge is 0.252 e. The number of aromatic amines is 1. The number of anilines is 1. The van der Waals surface area contributed by atoms with Gasteiger partial charge >= 0.3 is 0 Å². The van der Waals surface area contributed by atoms with Gasteiger partial charge in [-0.05, 0) is 42.0 Å². The summed E-state index contributed by atoms with van der Waals surface area (Å²) >= 11 is 3.38. The Balaban J connectivity index is 1.79. The molecule has 0 amide bonds. The lowest BCUT2D eigenvalue weighted by atomic mass is 10.1. The molecule has 0 radical (unpaired) electrons. The van der Waals surface area contributed by atoms with Crippen molar-refractivity contribution < 1.29 is 4.74 Å². The Kier molecular flexibility index (Phi) is 5.25. The van der Waals surface area contributed by atoms with Gasteiger partial charge in [0.25, 0.3) is 5.56 Å². The molecule has 0 aliphatic heterocycles. The lowest BCUT2D eigenvalue weighted by molar-refractivity contribution is 0.415. The van der Waals surface area contributed by atoms with E-state index >= 15 is 0 Å². The topological polar surface area (TPSA) is 79.4 Å². The molecular weight excluding hydrogens is 384 g/mol. The number of nitrogens with one attached hydrogen (secondary N) is 2. The molecule has 0 saturated heterocycles. The second-order valence-electron chi connectivity index (χ2n) is 5.13. The van der Waals surface area contributed by atoms with Gasteiger partial charge in [-0.3, -0.25) is 9.78 Å². The van der Waals surface area contributed by atoms with Crippen molar-refractivity contribution in [2.45, 2.75) is 0 Å². The largest absolute Gasteiger partial charge is 0.497 e. The molecule has 0 unspecified atom stereocenters. The first-order valence-electron chi connectivity index (χ1n) is 7.44. The fourth-order valence-corrected chi connectivity index (χ4v) is 2.40. The highest BCUT2D eigenvalue weighted by molar-refractivity contribution is 9.10. The van der Waals surface area contributed by atoms with Crippen molar-refractivity contribution in [3.63, 3.8) is 0 Å². The number of methoxy groups -OCH3 is 1. The zero-order valence-corrected chi connectivity index (χ0v) is 14.9. The molecule has 3 rings (SSSR count). The fraction of sp³-hybridized carbons (Fsp3) is 0.0556. The van der Waals surface area contributed by atoms with E-state index < -0.39 is 0 Å². The van der Waals surface area contributed by atoms with Crippen LogP contribution in [0.2, 0.25) is 0 Å². The van der Waals surface area contributed by atoms with E-state index in [2.05, 4.69) is 36.4 Å². The Morgan fingerprint density at radius 2 is 1.88 bits per heavy atom. The minimum atomic E-state index is -0.262. The molecule has 0 bridgehead atoms.